The molecule has 0 aliphatic carbocycles. The molecule has 0 bridgehead atoms. The summed E-state index contributed by atoms with van der Waals surface area (Å²) in [6, 6.07) is 5.52. The van der Waals surface area contributed by atoms with Gasteiger partial charge in [0.25, 0.3) is 5.91 Å². The zero-order valence-corrected chi connectivity index (χ0v) is 19.3. The predicted octanol–water partition coefficient (Wildman–Crippen LogP) is 3.38. The number of carbonyl (C=O) groups is 4. The summed E-state index contributed by atoms with van der Waals surface area (Å²) >= 11 is 1.38. The Morgan fingerprint density at radius 1 is 1.09 bits per heavy atom. The first-order valence-electron chi connectivity index (χ1n) is 10.2. The lowest BCUT2D eigenvalue weighted by molar-refractivity contribution is -0.157. The van der Waals surface area contributed by atoms with E-state index in [1.54, 1.807) is 12.1 Å². The molecule has 0 saturated heterocycles. The monoisotopic (exact) mass is 469 g/mol. The van der Waals surface area contributed by atoms with E-state index < -0.39 is 29.9 Å². The number of thioether (sulfide) groups is 1. The van der Waals surface area contributed by atoms with Gasteiger partial charge in [-0.2, -0.15) is 0 Å². The average Bonchev–Trinajstić information content (AvgIpc) is 2.75. The van der Waals surface area contributed by atoms with Crippen molar-refractivity contribution < 1.29 is 34.6 Å². The smallest absolute Gasteiger partial charge is 0.413 e. The molecule has 0 saturated carbocycles. The van der Waals surface area contributed by atoms with Gasteiger partial charge in [-0.1, -0.05) is 20.3 Å². The summed E-state index contributed by atoms with van der Waals surface area (Å²) in [5.41, 5.74) is 0. The standard InChI is InChI=1S/C21H31N3O7S/c1-14(2)6-7-15(13-32-17-10-8-16(25)9-11-17)19(27)24(31)20(28)22-12-4-5-18(26)23(3)21(29)30/h8-11,14-15,25,31H,4-7,12-13H2,1-3H3,(H,22,28)(H,29,30)/t15-/m1/s1. The van der Waals surface area contributed by atoms with Crippen molar-refractivity contribution in [3.63, 3.8) is 0 Å². The summed E-state index contributed by atoms with van der Waals surface area (Å²) < 4.78 is 0. The summed E-state index contributed by atoms with van der Waals surface area (Å²) in [5.74, 6) is -1.13. The second-order valence-corrected chi connectivity index (χ2v) is 8.79. The molecule has 0 fully saturated rings. The molecule has 1 atom stereocenters. The molecule has 0 aliphatic heterocycles. The van der Waals surface area contributed by atoms with E-state index in [-0.39, 0.29) is 30.2 Å². The molecule has 5 amide bonds. The highest BCUT2D eigenvalue weighted by atomic mass is 32.2. The van der Waals surface area contributed by atoms with Crippen molar-refractivity contribution in [1.29, 1.82) is 0 Å². The number of phenolic OH excluding ortho intramolecular Hbond substituents is 1. The van der Waals surface area contributed by atoms with Gasteiger partial charge in [0.15, 0.2) is 0 Å². The summed E-state index contributed by atoms with van der Waals surface area (Å²) in [6.45, 7) is 4.02. The van der Waals surface area contributed by atoms with Crippen molar-refractivity contribution >= 4 is 35.7 Å². The number of benzene rings is 1. The molecule has 11 heteroatoms. The third-order valence-electron chi connectivity index (χ3n) is 4.64. The summed E-state index contributed by atoms with van der Waals surface area (Å²) in [5, 5.41) is 30.6. The third-order valence-corrected chi connectivity index (χ3v) is 5.81. The Morgan fingerprint density at radius 2 is 1.72 bits per heavy atom. The van der Waals surface area contributed by atoms with Crippen molar-refractivity contribution in [3.8, 4) is 5.75 Å². The first kappa shape index (κ1) is 27.2. The Kier molecular flexibility index (Phi) is 11.6. The van der Waals surface area contributed by atoms with Crippen LogP contribution in [0.3, 0.4) is 0 Å². The number of nitrogens with zero attached hydrogens (tertiary/aromatic N) is 2. The summed E-state index contributed by atoms with van der Waals surface area (Å²) in [4.78, 5) is 48.6. The quantitative estimate of drug-likeness (QED) is 0.167. The van der Waals surface area contributed by atoms with Crippen LogP contribution in [0.25, 0.3) is 0 Å². The van der Waals surface area contributed by atoms with E-state index in [9.17, 15) is 29.5 Å². The Morgan fingerprint density at radius 3 is 2.28 bits per heavy atom. The van der Waals surface area contributed by atoms with Crippen LogP contribution in [0, 0.1) is 11.8 Å². The van der Waals surface area contributed by atoms with Crippen molar-refractivity contribution in [2.45, 2.75) is 44.4 Å². The second kappa shape index (κ2) is 13.6. The molecular weight excluding hydrogens is 438 g/mol. The Hall–Kier alpha value is -2.79. The van der Waals surface area contributed by atoms with Gasteiger partial charge < -0.3 is 15.5 Å². The van der Waals surface area contributed by atoms with Gasteiger partial charge in [0, 0.05) is 30.7 Å². The minimum atomic E-state index is -1.37. The van der Waals surface area contributed by atoms with E-state index in [4.69, 9.17) is 5.11 Å². The van der Waals surface area contributed by atoms with Gasteiger partial charge in [0.2, 0.25) is 5.91 Å². The SMILES string of the molecule is CC(C)CC[C@H](CSc1ccc(O)cc1)C(=O)N(O)C(=O)NCCCC(=O)N(C)C(=O)O. The van der Waals surface area contributed by atoms with Crippen LogP contribution in [0.15, 0.2) is 29.2 Å². The van der Waals surface area contributed by atoms with E-state index in [1.165, 1.54) is 23.9 Å². The fraction of sp³-hybridized carbons (Fsp3) is 0.524. The number of phenols is 1. The second-order valence-electron chi connectivity index (χ2n) is 7.69. The first-order valence-corrected chi connectivity index (χ1v) is 11.2. The highest BCUT2D eigenvalue weighted by Gasteiger charge is 2.28. The highest BCUT2D eigenvalue weighted by Crippen LogP contribution is 2.26. The van der Waals surface area contributed by atoms with Gasteiger partial charge in [-0.15, -0.1) is 16.8 Å². The van der Waals surface area contributed by atoms with Crippen LogP contribution in [0.4, 0.5) is 9.59 Å². The van der Waals surface area contributed by atoms with Crippen molar-refractivity contribution in [1.82, 2.24) is 15.3 Å². The normalized spacial score (nSPS) is 11.7. The number of amides is 5. The van der Waals surface area contributed by atoms with E-state index >= 15 is 0 Å². The molecule has 0 heterocycles. The largest absolute Gasteiger partial charge is 0.508 e. The number of carboxylic acid groups (broad SMARTS) is 1. The molecule has 4 N–H and O–H groups in total. The summed E-state index contributed by atoms with van der Waals surface area (Å²) in [6.07, 6.45) is -0.104. The molecule has 1 aromatic carbocycles. The number of nitrogens with one attached hydrogen (secondary N) is 1. The third kappa shape index (κ3) is 9.56. The number of urea groups is 1. The average molecular weight is 470 g/mol. The molecule has 178 valence electrons. The Bertz CT molecular complexity index is 786. The number of hydroxylamine groups is 2. The molecule has 0 unspecified atom stereocenters. The maximum absolute atomic E-state index is 12.7. The van der Waals surface area contributed by atoms with Gasteiger partial charge in [0.1, 0.15) is 5.75 Å². The van der Waals surface area contributed by atoms with Crippen molar-refractivity contribution in [2.75, 3.05) is 19.3 Å². The molecule has 0 radical (unpaired) electrons. The molecule has 0 aliphatic rings. The van der Waals surface area contributed by atoms with Gasteiger partial charge in [-0.3, -0.25) is 19.7 Å². The van der Waals surface area contributed by atoms with Crippen LogP contribution in [0.1, 0.15) is 39.5 Å². The maximum Gasteiger partial charge on any atom is 0.413 e. The van der Waals surface area contributed by atoms with E-state index in [0.717, 1.165) is 18.4 Å². The van der Waals surface area contributed by atoms with Gasteiger partial charge in [-0.05, 0) is 43.0 Å². The summed E-state index contributed by atoms with van der Waals surface area (Å²) in [7, 11) is 1.13. The first-order chi connectivity index (χ1) is 15.0. The molecular formula is C21H31N3O7S. The molecule has 32 heavy (non-hydrogen) atoms. The van der Waals surface area contributed by atoms with Gasteiger partial charge in [-0.25, -0.2) is 9.59 Å². The molecule has 0 spiro atoms. The number of carbonyl (C=O) groups excluding carboxylic acids is 3. The molecule has 1 rings (SSSR count). The van der Waals surface area contributed by atoms with Crippen LogP contribution in [0.5, 0.6) is 5.75 Å². The Labute approximate surface area is 191 Å². The van der Waals surface area contributed by atoms with E-state index in [1.807, 2.05) is 13.8 Å². The van der Waals surface area contributed by atoms with Crippen LogP contribution in [-0.4, -0.2) is 68.7 Å². The number of imide groups is 2. The molecule has 1 aromatic rings. The molecule has 0 aromatic heterocycles. The predicted molar refractivity (Wildman–Crippen MR) is 118 cm³/mol. The minimum absolute atomic E-state index is 0.0126. The number of hydrogen-bond donors (Lipinski definition) is 4. The Balaban J connectivity index is 2.60. The zero-order valence-electron chi connectivity index (χ0n) is 18.5. The number of rotatable bonds is 11. The minimum Gasteiger partial charge on any atom is -0.508 e. The zero-order chi connectivity index (χ0) is 24.3. The van der Waals surface area contributed by atoms with Crippen LogP contribution in [0.2, 0.25) is 0 Å². The van der Waals surface area contributed by atoms with Crippen LogP contribution >= 0.6 is 11.8 Å². The van der Waals surface area contributed by atoms with Gasteiger partial charge in [0.05, 0.1) is 5.92 Å². The number of aromatic hydroxyl groups is 1. The topological polar surface area (TPSA) is 147 Å². The lowest BCUT2D eigenvalue weighted by atomic mass is 9.98. The fourth-order valence-electron chi connectivity index (χ4n) is 2.61. The van der Waals surface area contributed by atoms with E-state index in [2.05, 4.69) is 5.32 Å². The highest BCUT2D eigenvalue weighted by molar-refractivity contribution is 7.99. The van der Waals surface area contributed by atoms with Crippen LogP contribution < -0.4 is 5.32 Å². The van der Waals surface area contributed by atoms with Gasteiger partial charge >= 0.3 is 12.1 Å². The lowest BCUT2D eigenvalue weighted by Crippen LogP contribution is -2.45. The maximum atomic E-state index is 12.7. The number of hydrogen-bond acceptors (Lipinski definition) is 7. The lowest BCUT2D eigenvalue weighted by Gasteiger charge is -2.21. The molecule has 10 nitrogen and oxygen atoms in total. The van der Waals surface area contributed by atoms with Crippen LogP contribution in [-0.2, 0) is 9.59 Å². The fourth-order valence-corrected chi connectivity index (χ4v) is 3.64. The van der Waals surface area contributed by atoms with Crippen molar-refractivity contribution in [2.24, 2.45) is 11.8 Å². The van der Waals surface area contributed by atoms with Crippen molar-refractivity contribution in [3.05, 3.63) is 24.3 Å². The van der Waals surface area contributed by atoms with E-state index in [0.29, 0.717) is 23.0 Å².